The third kappa shape index (κ3) is 1.90. The summed E-state index contributed by atoms with van der Waals surface area (Å²) in [6.45, 7) is 0.889. The molecule has 0 unspecified atom stereocenters. The molecule has 0 bridgehead atoms. The SMILES string of the molecule is Clc1ccc(N2C=CC=CC2)cn1. The zero-order valence-corrected chi connectivity index (χ0v) is 7.78. The zero-order chi connectivity index (χ0) is 9.10. The molecule has 0 aliphatic carbocycles. The Bertz CT molecular complexity index is 340. The van der Waals surface area contributed by atoms with Crippen molar-refractivity contribution in [3.8, 4) is 0 Å². The Morgan fingerprint density at radius 2 is 2.23 bits per heavy atom. The lowest BCUT2D eigenvalue weighted by Crippen LogP contribution is -2.17. The van der Waals surface area contributed by atoms with Gasteiger partial charge in [-0.1, -0.05) is 23.8 Å². The number of anilines is 1. The zero-order valence-electron chi connectivity index (χ0n) is 7.02. The third-order valence-electron chi connectivity index (χ3n) is 1.86. The maximum absolute atomic E-state index is 5.69. The van der Waals surface area contributed by atoms with Crippen molar-refractivity contribution < 1.29 is 0 Å². The maximum atomic E-state index is 5.69. The first-order valence-corrected chi connectivity index (χ1v) is 4.45. The number of nitrogens with zero attached hydrogens (tertiary/aromatic N) is 2. The fourth-order valence-electron chi connectivity index (χ4n) is 1.20. The van der Waals surface area contributed by atoms with E-state index in [4.69, 9.17) is 11.6 Å². The number of allylic oxidation sites excluding steroid dienone is 2. The Labute approximate surface area is 82.2 Å². The third-order valence-corrected chi connectivity index (χ3v) is 2.08. The summed E-state index contributed by atoms with van der Waals surface area (Å²) in [5.41, 5.74) is 1.06. The van der Waals surface area contributed by atoms with Gasteiger partial charge in [-0.2, -0.15) is 0 Å². The molecule has 2 rings (SSSR count). The number of hydrogen-bond acceptors (Lipinski definition) is 2. The molecule has 0 atom stereocenters. The summed E-state index contributed by atoms with van der Waals surface area (Å²) in [6, 6.07) is 3.75. The summed E-state index contributed by atoms with van der Waals surface area (Å²) in [6.07, 6.45) is 9.91. The van der Waals surface area contributed by atoms with Crippen LogP contribution in [0.1, 0.15) is 0 Å². The minimum absolute atomic E-state index is 0.528. The van der Waals surface area contributed by atoms with E-state index in [1.165, 1.54) is 0 Å². The summed E-state index contributed by atoms with van der Waals surface area (Å²) in [5, 5.41) is 0.528. The molecule has 0 saturated carbocycles. The number of aromatic nitrogens is 1. The number of hydrogen-bond donors (Lipinski definition) is 0. The first-order chi connectivity index (χ1) is 6.36. The van der Waals surface area contributed by atoms with Crippen LogP contribution in [-0.2, 0) is 0 Å². The lowest BCUT2D eigenvalue weighted by Gasteiger charge is -2.19. The van der Waals surface area contributed by atoms with E-state index in [0.717, 1.165) is 12.2 Å². The molecule has 0 radical (unpaired) electrons. The van der Waals surface area contributed by atoms with Gasteiger partial charge in [0.1, 0.15) is 5.15 Å². The van der Waals surface area contributed by atoms with Gasteiger partial charge >= 0.3 is 0 Å². The number of rotatable bonds is 1. The molecule has 0 aromatic carbocycles. The van der Waals surface area contributed by atoms with Gasteiger partial charge < -0.3 is 4.90 Å². The highest BCUT2D eigenvalue weighted by atomic mass is 35.5. The topological polar surface area (TPSA) is 16.1 Å². The lowest BCUT2D eigenvalue weighted by atomic mass is 10.3. The molecular formula is C10H9ClN2. The predicted octanol–water partition coefficient (Wildman–Crippen LogP) is 2.62. The van der Waals surface area contributed by atoms with Crippen LogP contribution in [-0.4, -0.2) is 11.5 Å². The normalized spacial score (nSPS) is 15.0. The maximum Gasteiger partial charge on any atom is 0.129 e. The standard InChI is InChI=1S/C10H9ClN2/c11-10-5-4-9(8-12-10)13-6-2-1-3-7-13/h1-6,8H,7H2. The van der Waals surface area contributed by atoms with E-state index in [0.29, 0.717) is 5.15 Å². The Kier molecular flexibility index (Phi) is 2.32. The first kappa shape index (κ1) is 8.32. The van der Waals surface area contributed by atoms with Crippen molar-refractivity contribution in [1.82, 2.24) is 4.98 Å². The molecule has 13 heavy (non-hydrogen) atoms. The second-order valence-electron chi connectivity index (χ2n) is 2.76. The van der Waals surface area contributed by atoms with Gasteiger partial charge in [0.2, 0.25) is 0 Å². The van der Waals surface area contributed by atoms with Crippen LogP contribution in [0.4, 0.5) is 5.69 Å². The van der Waals surface area contributed by atoms with Gasteiger partial charge in [-0.15, -0.1) is 0 Å². The minimum atomic E-state index is 0.528. The van der Waals surface area contributed by atoms with Gasteiger partial charge in [0.15, 0.2) is 0 Å². The van der Waals surface area contributed by atoms with Crippen LogP contribution in [0.2, 0.25) is 5.15 Å². The summed E-state index contributed by atoms with van der Waals surface area (Å²) >= 11 is 5.69. The lowest BCUT2D eigenvalue weighted by molar-refractivity contribution is 1.06. The van der Waals surface area contributed by atoms with Gasteiger partial charge in [0.05, 0.1) is 11.9 Å². The second kappa shape index (κ2) is 3.62. The molecule has 2 nitrogen and oxygen atoms in total. The van der Waals surface area contributed by atoms with Crippen molar-refractivity contribution in [2.75, 3.05) is 11.4 Å². The van der Waals surface area contributed by atoms with Crippen LogP contribution < -0.4 is 4.90 Å². The summed E-state index contributed by atoms with van der Waals surface area (Å²) < 4.78 is 0. The molecule has 0 N–H and O–H groups in total. The van der Waals surface area contributed by atoms with E-state index in [1.54, 1.807) is 12.3 Å². The summed E-state index contributed by atoms with van der Waals surface area (Å²) in [5.74, 6) is 0. The summed E-state index contributed by atoms with van der Waals surface area (Å²) in [7, 11) is 0. The second-order valence-corrected chi connectivity index (χ2v) is 3.15. The molecule has 1 aliphatic rings. The van der Waals surface area contributed by atoms with Crippen molar-refractivity contribution in [2.24, 2.45) is 0 Å². The summed E-state index contributed by atoms with van der Waals surface area (Å²) in [4.78, 5) is 6.12. The molecule has 1 aliphatic heterocycles. The Hall–Kier alpha value is -1.28. The number of pyridine rings is 1. The van der Waals surface area contributed by atoms with Gasteiger partial charge in [-0.05, 0) is 18.2 Å². The van der Waals surface area contributed by atoms with Gasteiger partial charge in [-0.25, -0.2) is 4.98 Å². The molecule has 0 spiro atoms. The van der Waals surface area contributed by atoms with E-state index in [9.17, 15) is 0 Å². The average molecular weight is 193 g/mol. The largest absolute Gasteiger partial charge is 0.343 e. The first-order valence-electron chi connectivity index (χ1n) is 4.08. The van der Waals surface area contributed by atoms with Crippen LogP contribution in [0.25, 0.3) is 0 Å². The van der Waals surface area contributed by atoms with Crippen LogP contribution in [0.3, 0.4) is 0 Å². The highest BCUT2D eigenvalue weighted by Crippen LogP contribution is 2.16. The van der Waals surface area contributed by atoms with E-state index in [1.807, 2.05) is 24.4 Å². The smallest absolute Gasteiger partial charge is 0.129 e. The van der Waals surface area contributed by atoms with Gasteiger partial charge in [0, 0.05) is 12.7 Å². The molecular weight excluding hydrogens is 184 g/mol. The van der Waals surface area contributed by atoms with Crippen molar-refractivity contribution in [3.63, 3.8) is 0 Å². The predicted molar refractivity (Wildman–Crippen MR) is 54.9 cm³/mol. The fraction of sp³-hybridized carbons (Fsp3) is 0.100. The molecule has 3 heteroatoms. The molecule has 1 aromatic heterocycles. The van der Waals surface area contributed by atoms with E-state index in [-0.39, 0.29) is 0 Å². The highest BCUT2D eigenvalue weighted by molar-refractivity contribution is 6.29. The van der Waals surface area contributed by atoms with Crippen molar-refractivity contribution in [1.29, 1.82) is 0 Å². The molecule has 2 heterocycles. The molecule has 0 amide bonds. The highest BCUT2D eigenvalue weighted by Gasteiger charge is 2.02. The molecule has 0 fully saturated rings. The van der Waals surface area contributed by atoms with Crippen molar-refractivity contribution in [2.45, 2.75) is 0 Å². The van der Waals surface area contributed by atoms with E-state index < -0.39 is 0 Å². The van der Waals surface area contributed by atoms with Gasteiger partial charge in [-0.3, -0.25) is 0 Å². The Morgan fingerprint density at radius 3 is 2.85 bits per heavy atom. The van der Waals surface area contributed by atoms with Crippen LogP contribution in [0.15, 0.2) is 42.8 Å². The van der Waals surface area contributed by atoms with Gasteiger partial charge in [0.25, 0.3) is 0 Å². The molecule has 1 aromatic rings. The van der Waals surface area contributed by atoms with Crippen molar-refractivity contribution in [3.05, 3.63) is 47.9 Å². The minimum Gasteiger partial charge on any atom is -0.343 e. The van der Waals surface area contributed by atoms with E-state index >= 15 is 0 Å². The molecule has 66 valence electrons. The Balaban J connectivity index is 2.21. The van der Waals surface area contributed by atoms with Crippen molar-refractivity contribution >= 4 is 17.3 Å². The van der Waals surface area contributed by atoms with Crippen LogP contribution in [0, 0.1) is 0 Å². The van der Waals surface area contributed by atoms with E-state index in [2.05, 4.69) is 16.0 Å². The monoisotopic (exact) mass is 192 g/mol. The quantitative estimate of drug-likeness (QED) is 0.636. The van der Waals surface area contributed by atoms with Crippen LogP contribution >= 0.6 is 11.6 Å². The average Bonchev–Trinajstić information content (AvgIpc) is 2.20. The fourth-order valence-corrected chi connectivity index (χ4v) is 1.31. The number of halogens is 1. The van der Waals surface area contributed by atoms with Crippen LogP contribution in [0.5, 0.6) is 0 Å². The Morgan fingerprint density at radius 1 is 1.31 bits per heavy atom. The molecule has 0 saturated heterocycles.